The van der Waals surface area contributed by atoms with Crippen LogP contribution in [0.15, 0.2) is 36.9 Å². The predicted molar refractivity (Wildman–Crippen MR) is 86.2 cm³/mol. The summed E-state index contributed by atoms with van der Waals surface area (Å²) in [6.45, 7) is 2.47. The zero-order chi connectivity index (χ0) is 16.7. The molecule has 1 unspecified atom stereocenters. The number of hydrogen-bond donors (Lipinski definition) is 1. The van der Waals surface area contributed by atoms with Crippen molar-refractivity contribution in [2.24, 2.45) is 0 Å². The van der Waals surface area contributed by atoms with Crippen molar-refractivity contribution in [1.82, 2.24) is 20.1 Å². The summed E-state index contributed by atoms with van der Waals surface area (Å²) in [7, 11) is 3.15. The Morgan fingerprint density at radius 1 is 1.35 bits per heavy atom. The number of carbonyl (C=O) groups excluding carboxylic acids is 1. The average molecular weight is 316 g/mol. The quantitative estimate of drug-likeness (QED) is 0.784. The number of aromatic nitrogens is 3. The van der Waals surface area contributed by atoms with Gasteiger partial charge in [-0.15, -0.1) is 0 Å². The first-order valence-electron chi connectivity index (χ1n) is 7.15. The number of nitrogens with zero attached hydrogens (tertiary/aromatic N) is 3. The molecule has 0 fully saturated rings. The highest BCUT2D eigenvalue weighted by atomic mass is 16.5. The van der Waals surface area contributed by atoms with Gasteiger partial charge in [0.15, 0.2) is 11.5 Å². The van der Waals surface area contributed by atoms with Crippen LogP contribution in [0.2, 0.25) is 0 Å². The minimum Gasteiger partial charge on any atom is -0.493 e. The van der Waals surface area contributed by atoms with Gasteiger partial charge in [-0.1, -0.05) is 6.07 Å². The van der Waals surface area contributed by atoms with Crippen LogP contribution in [0.3, 0.4) is 0 Å². The fourth-order valence-electron chi connectivity index (χ4n) is 2.07. The van der Waals surface area contributed by atoms with Gasteiger partial charge in [0, 0.05) is 12.1 Å². The monoisotopic (exact) mass is 316 g/mol. The van der Waals surface area contributed by atoms with E-state index in [1.165, 1.54) is 12.4 Å². The lowest BCUT2D eigenvalue weighted by molar-refractivity contribution is -0.117. The molecule has 1 N–H and O–H groups in total. The lowest BCUT2D eigenvalue weighted by atomic mass is 10.2. The molecule has 2 aromatic rings. The molecule has 23 heavy (non-hydrogen) atoms. The summed E-state index contributed by atoms with van der Waals surface area (Å²) in [5, 5.41) is 6.87. The first-order valence-corrected chi connectivity index (χ1v) is 7.15. The van der Waals surface area contributed by atoms with Gasteiger partial charge in [-0.05, 0) is 30.7 Å². The lowest BCUT2D eigenvalue weighted by Gasteiger charge is -2.12. The molecule has 0 bridgehead atoms. The molecule has 0 saturated carbocycles. The van der Waals surface area contributed by atoms with Crippen molar-refractivity contribution in [3.63, 3.8) is 0 Å². The molecule has 0 aliphatic heterocycles. The van der Waals surface area contributed by atoms with Gasteiger partial charge < -0.3 is 14.8 Å². The Bertz CT molecular complexity index is 668. The summed E-state index contributed by atoms with van der Waals surface area (Å²) >= 11 is 0. The first kappa shape index (κ1) is 16.5. The van der Waals surface area contributed by atoms with Crippen LogP contribution in [0.25, 0.3) is 6.08 Å². The predicted octanol–water partition coefficient (Wildman–Crippen LogP) is 1.51. The van der Waals surface area contributed by atoms with E-state index in [1.807, 2.05) is 13.0 Å². The van der Waals surface area contributed by atoms with Crippen molar-refractivity contribution in [2.75, 3.05) is 14.2 Å². The van der Waals surface area contributed by atoms with E-state index < -0.39 is 0 Å². The summed E-state index contributed by atoms with van der Waals surface area (Å²) in [6.07, 6.45) is 6.28. The van der Waals surface area contributed by atoms with Crippen LogP contribution in [0, 0.1) is 0 Å². The van der Waals surface area contributed by atoms with E-state index in [-0.39, 0.29) is 11.9 Å². The van der Waals surface area contributed by atoms with Gasteiger partial charge >= 0.3 is 0 Å². The number of nitrogens with one attached hydrogen (secondary N) is 1. The van der Waals surface area contributed by atoms with E-state index in [9.17, 15) is 4.79 Å². The van der Waals surface area contributed by atoms with Crippen molar-refractivity contribution in [1.29, 1.82) is 0 Å². The largest absolute Gasteiger partial charge is 0.493 e. The molecular weight excluding hydrogens is 296 g/mol. The van der Waals surface area contributed by atoms with Crippen molar-refractivity contribution >= 4 is 12.0 Å². The molecule has 7 nitrogen and oxygen atoms in total. The van der Waals surface area contributed by atoms with Gasteiger partial charge in [-0.2, -0.15) is 5.10 Å². The van der Waals surface area contributed by atoms with Crippen LogP contribution < -0.4 is 14.8 Å². The molecule has 1 heterocycles. The molecule has 2 rings (SSSR count). The first-order chi connectivity index (χ1) is 11.1. The normalized spacial score (nSPS) is 12.1. The summed E-state index contributed by atoms with van der Waals surface area (Å²) in [5.74, 6) is 1.09. The van der Waals surface area contributed by atoms with E-state index in [1.54, 1.807) is 43.4 Å². The standard InChI is InChI=1S/C16H20N4O3/c1-12(9-20-11-17-10-18-20)19-16(21)7-5-13-4-6-14(22-2)15(8-13)23-3/h4-8,10-12H,9H2,1-3H3,(H,19,21). The van der Waals surface area contributed by atoms with Gasteiger partial charge in [0.2, 0.25) is 5.91 Å². The summed E-state index contributed by atoms with van der Waals surface area (Å²) in [6, 6.07) is 5.40. The van der Waals surface area contributed by atoms with E-state index in [4.69, 9.17) is 9.47 Å². The van der Waals surface area contributed by atoms with Crippen molar-refractivity contribution in [3.05, 3.63) is 42.5 Å². The Hall–Kier alpha value is -2.83. The maximum absolute atomic E-state index is 11.9. The Balaban J connectivity index is 1.92. The van der Waals surface area contributed by atoms with E-state index >= 15 is 0 Å². The third-order valence-electron chi connectivity index (χ3n) is 3.15. The van der Waals surface area contributed by atoms with Crippen LogP contribution in [0.5, 0.6) is 11.5 Å². The molecule has 0 aliphatic carbocycles. The minimum absolute atomic E-state index is 0.0562. The summed E-state index contributed by atoms with van der Waals surface area (Å²) in [5.41, 5.74) is 0.849. The third kappa shape index (κ3) is 4.84. The molecule has 0 saturated heterocycles. The maximum Gasteiger partial charge on any atom is 0.244 e. The number of ether oxygens (including phenoxy) is 2. The SMILES string of the molecule is COc1ccc(C=CC(=O)NC(C)Cn2cncn2)cc1OC. The third-order valence-corrected chi connectivity index (χ3v) is 3.15. The number of benzene rings is 1. The molecule has 1 aromatic heterocycles. The summed E-state index contributed by atoms with van der Waals surface area (Å²) < 4.78 is 12.1. The molecular formula is C16H20N4O3. The Morgan fingerprint density at radius 2 is 2.13 bits per heavy atom. The molecule has 1 amide bonds. The Morgan fingerprint density at radius 3 is 2.78 bits per heavy atom. The minimum atomic E-state index is -0.174. The number of methoxy groups -OCH3 is 2. The number of hydrogen-bond acceptors (Lipinski definition) is 5. The Labute approximate surface area is 134 Å². The van der Waals surface area contributed by atoms with Crippen LogP contribution in [-0.4, -0.2) is 40.9 Å². The number of carbonyl (C=O) groups is 1. The van der Waals surface area contributed by atoms with Crippen LogP contribution in [0.4, 0.5) is 0 Å². The van der Waals surface area contributed by atoms with Gasteiger partial charge in [0.1, 0.15) is 12.7 Å². The van der Waals surface area contributed by atoms with E-state index in [2.05, 4.69) is 15.4 Å². The molecule has 122 valence electrons. The second kappa shape index (κ2) is 7.98. The fourth-order valence-corrected chi connectivity index (χ4v) is 2.07. The van der Waals surface area contributed by atoms with Gasteiger partial charge in [-0.25, -0.2) is 4.98 Å². The molecule has 0 radical (unpaired) electrons. The second-order valence-corrected chi connectivity index (χ2v) is 4.97. The molecule has 1 aromatic carbocycles. The topological polar surface area (TPSA) is 78.3 Å². The zero-order valence-corrected chi connectivity index (χ0v) is 13.4. The zero-order valence-electron chi connectivity index (χ0n) is 13.4. The maximum atomic E-state index is 11.9. The average Bonchev–Trinajstić information content (AvgIpc) is 3.05. The van der Waals surface area contributed by atoms with E-state index in [0.717, 1.165) is 5.56 Å². The van der Waals surface area contributed by atoms with Gasteiger partial charge in [0.25, 0.3) is 0 Å². The lowest BCUT2D eigenvalue weighted by Crippen LogP contribution is -2.34. The molecule has 0 spiro atoms. The van der Waals surface area contributed by atoms with Crippen LogP contribution in [0.1, 0.15) is 12.5 Å². The fraction of sp³-hybridized carbons (Fsp3) is 0.312. The van der Waals surface area contributed by atoms with Crippen LogP contribution >= 0.6 is 0 Å². The van der Waals surface area contributed by atoms with Crippen molar-refractivity contribution in [2.45, 2.75) is 19.5 Å². The number of rotatable bonds is 7. The Kier molecular flexibility index (Phi) is 5.74. The highest BCUT2D eigenvalue weighted by molar-refractivity contribution is 5.91. The van der Waals surface area contributed by atoms with Gasteiger partial charge in [-0.3, -0.25) is 9.48 Å². The second-order valence-electron chi connectivity index (χ2n) is 4.97. The molecule has 7 heteroatoms. The summed E-state index contributed by atoms with van der Waals surface area (Å²) in [4.78, 5) is 15.8. The smallest absolute Gasteiger partial charge is 0.244 e. The number of amides is 1. The van der Waals surface area contributed by atoms with Crippen LogP contribution in [-0.2, 0) is 11.3 Å². The molecule has 1 atom stereocenters. The van der Waals surface area contributed by atoms with Gasteiger partial charge in [0.05, 0.1) is 20.8 Å². The van der Waals surface area contributed by atoms with Crippen molar-refractivity contribution < 1.29 is 14.3 Å². The highest BCUT2D eigenvalue weighted by Crippen LogP contribution is 2.27. The highest BCUT2D eigenvalue weighted by Gasteiger charge is 2.06. The van der Waals surface area contributed by atoms with Crippen molar-refractivity contribution in [3.8, 4) is 11.5 Å². The molecule has 0 aliphatic rings. The van der Waals surface area contributed by atoms with E-state index in [0.29, 0.717) is 18.0 Å².